The molecule has 0 spiro atoms. The molecule has 1 heteroatoms. The van der Waals surface area contributed by atoms with E-state index in [0.29, 0.717) is 16.7 Å². The fourth-order valence-electron chi connectivity index (χ4n) is 5.44. The molecule has 3 atom stereocenters. The molecule has 1 nitrogen and oxygen atoms in total. The maximum atomic E-state index is 9.04. The summed E-state index contributed by atoms with van der Waals surface area (Å²) in [6, 6.07) is 0. The zero-order valence-electron chi connectivity index (χ0n) is 16.5. The van der Waals surface area contributed by atoms with Crippen LogP contribution in [-0.2, 0) is 0 Å². The van der Waals surface area contributed by atoms with Crippen molar-refractivity contribution in [3.63, 3.8) is 0 Å². The van der Waals surface area contributed by atoms with Crippen LogP contribution in [0.2, 0.25) is 0 Å². The number of fused-ring (bicyclic) bond motifs is 1. The van der Waals surface area contributed by atoms with Gasteiger partial charge in [0, 0.05) is 0 Å². The van der Waals surface area contributed by atoms with Crippen molar-refractivity contribution in [3.8, 4) is 0 Å². The molecule has 1 N–H and O–H groups in total. The second-order valence-electron chi connectivity index (χ2n) is 8.42. The topological polar surface area (TPSA) is 20.2 Å². The maximum absolute atomic E-state index is 9.04. The Kier molecular flexibility index (Phi) is 7.58. The summed E-state index contributed by atoms with van der Waals surface area (Å²) in [5, 5.41) is 9.04. The van der Waals surface area contributed by atoms with Crippen molar-refractivity contribution in [1.29, 1.82) is 0 Å². The summed E-state index contributed by atoms with van der Waals surface area (Å²) in [7, 11) is 0. The van der Waals surface area contributed by atoms with Crippen LogP contribution in [-0.4, -0.2) is 11.7 Å². The van der Waals surface area contributed by atoms with Gasteiger partial charge in [-0.3, -0.25) is 0 Å². The minimum Gasteiger partial charge on any atom is -0.392 e. The largest absolute Gasteiger partial charge is 0.392 e. The Labute approximate surface area is 145 Å². The number of aliphatic hydroxyl groups excluding tert-OH is 1. The molecule has 0 amide bonds. The summed E-state index contributed by atoms with van der Waals surface area (Å²) in [6.07, 6.45) is 11.0. The van der Waals surface area contributed by atoms with Crippen LogP contribution in [0, 0.1) is 22.7 Å². The Morgan fingerprint density at radius 2 is 1.91 bits per heavy atom. The Morgan fingerprint density at radius 3 is 2.52 bits per heavy atom. The van der Waals surface area contributed by atoms with Gasteiger partial charge in [0.05, 0.1) is 6.61 Å². The highest BCUT2D eigenvalue weighted by Crippen LogP contribution is 2.61. The van der Waals surface area contributed by atoms with Crippen LogP contribution in [0.3, 0.4) is 0 Å². The highest BCUT2D eigenvalue weighted by molar-refractivity contribution is 5.16. The zero-order chi connectivity index (χ0) is 17.7. The second kappa shape index (κ2) is 8.51. The first-order chi connectivity index (χ1) is 10.8. The molecule has 0 heterocycles. The smallest absolute Gasteiger partial charge is 0.0614 e. The summed E-state index contributed by atoms with van der Waals surface area (Å²) in [6.45, 7) is 18.3. The van der Waals surface area contributed by atoms with Crippen LogP contribution in [0.5, 0.6) is 0 Å². The van der Waals surface area contributed by atoms with E-state index in [2.05, 4.69) is 34.3 Å². The molecular weight excluding hydrogens is 280 g/mol. The van der Waals surface area contributed by atoms with Crippen molar-refractivity contribution in [3.05, 3.63) is 23.8 Å². The van der Waals surface area contributed by atoms with Gasteiger partial charge in [-0.2, -0.15) is 0 Å². The lowest BCUT2D eigenvalue weighted by Crippen LogP contribution is -2.49. The van der Waals surface area contributed by atoms with Gasteiger partial charge in [-0.15, -0.1) is 0 Å². The molecule has 0 aromatic heterocycles. The summed E-state index contributed by atoms with van der Waals surface area (Å²) in [5.74, 6) is 1.51. The molecule has 0 aliphatic heterocycles. The summed E-state index contributed by atoms with van der Waals surface area (Å²) >= 11 is 0. The van der Waals surface area contributed by atoms with Crippen molar-refractivity contribution < 1.29 is 5.11 Å². The van der Waals surface area contributed by atoms with E-state index in [1.54, 1.807) is 0 Å². The third kappa shape index (κ3) is 4.50. The molecule has 0 bridgehead atoms. The Bertz CT molecular complexity index is 418. The van der Waals surface area contributed by atoms with Gasteiger partial charge in [0.25, 0.3) is 0 Å². The maximum Gasteiger partial charge on any atom is 0.0614 e. The molecule has 2 rings (SSSR count). The molecule has 0 aromatic rings. The SMILES string of the molecule is C=C1CCC2C(C)(C)CCCC2(C)C1CC/C(C)=C/CO.CC. The molecule has 134 valence electrons. The second-order valence-corrected chi connectivity index (χ2v) is 8.42. The predicted octanol–water partition coefficient (Wildman–Crippen LogP) is 6.53. The van der Waals surface area contributed by atoms with E-state index in [4.69, 9.17) is 5.11 Å². The van der Waals surface area contributed by atoms with Crippen LogP contribution in [0.1, 0.15) is 86.5 Å². The average Bonchev–Trinajstić information content (AvgIpc) is 2.48. The van der Waals surface area contributed by atoms with E-state index in [-0.39, 0.29) is 6.61 Å². The van der Waals surface area contributed by atoms with Crippen molar-refractivity contribution in [1.82, 2.24) is 0 Å². The Morgan fingerprint density at radius 1 is 1.26 bits per heavy atom. The standard InChI is InChI=1S/C20H34O.C2H6/c1-15(11-14-21)7-9-17-16(2)8-10-18-19(3,4)12-6-13-20(17,18)5;1-2/h11,17-18,21H,2,6-10,12-14H2,1,3-5H3;1-2H3/b15-11+;. The Hall–Kier alpha value is -0.560. The van der Waals surface area contributed by atoms with Gasteiger partial charge in [-0.05, 0) is 68.1 Å². The first kappa shape index (κ1) is 20.5. The van der Waals surface area contributed by atoms with Crippen LogP contribution in [0.4, 0.5) is 0 Å². The molecule has 0 saturated heterocycles. The fourth-order valence-corrected chi connectivity index (χ4v) is 5.44. The van der Waals surface area contributed by atoms with E-state index < -0.39 is 0 Å². The molecular formula is C22H40O. The summed E-state index contributed by atoms with van der Waals surface area (Å²) in [5.41, 5.74) is 3.74. The third-order valence-electron chi connectivity index (χ3n) is 6.59. The van der Waals surface area contributed by atoms with Gasteiger partial charge in [0.15, 0.2) is 0 Å². The van der Waals surface area contributed by atoms with Gasteiger partial charge in [-0.25, -0.2) is 0 Å². The number of hydrogen-bond acceptors (Lipinski definition) is 1. The monoisotopic (exact) mass is 320 g/mol. The fraction of sp³-hybridized carbons (Fsp3) is 0.818. The number of rotatable bonds is 4. The van der Waals surface area contributed by atoms with E-state index in [9.17, 15) is 0 Å². The molecule has 2 fully saturated rings. The van der Waals surface area contributed by atoms with Crippen molar-refractivity contribution >= 4 is 0 Å². The lowest BCUT2D eigenvalue weighted by molar-refractivity contribution is -0.0539. The quantitative estimate of drug-likeness (QED) is 0.584. The third-order valence-corrected chi connectivity index (χ3v) is 6.59. The first-order valence-corrected chi connectivity index (χ1v) is 9.75. The van der Waals surface area contributed by atoms with Gasteiger partial charge in [0.1, 0.15) is 0 Å². The normalized spacial score (nSPS) is 33.5. The van der Waals surface area contributed by atoms with Gasteiger partial charge < -0.3 is 5.11 Å². The van der Waals surface area contributed by atoms with Crippen molar-refractivity contribution in [2.24, 2.45) is 22.7 Å². The van der Waals surface area contributed by atoms with Crippen LogP contribution in [0.15, 0.2) is 23.8 Å². The molecule has 0 radical (unpaired) electrons. The molecule has 2 saturated carbocycles. The number of aliphatic hydroxyl groups is 1. The summed E-state index contributed by atoms with van der Waals surface area (Å²) in [4.78, 5) is 0. The lowest BCUT2D eigenvalue weighted by Gasteiger charge is -2.58. The highest BCUT2D eigenvalue weighted by atomic mass is 16.2. The van der Waals surface area contributed by atoms with Crippen molar-refractivity contribution in [2.45, 2.75) is 86.5 Å². The van der Waals surface area contributed by atoms with Gasteiger partial charge in [-0.1, -0.05) is 64.8 Å². The van der Waals surface area contributed by atoms with Crippen LogP contribution >= 0.6 is 0 Å². The predicted molar refractivity (Wildman–Crippen MR) is 103 cm³/mol. The number of allylic oxidation sites excluding steroid dienone is 2. The van der Waals surface area contributed by atoms with Gasteiger partial charge >= 0.3 is 0 Å². The number of hydrogen-bond donors (Lipinski definition) is 1. The molecule has 2 aliphatic carbocycles. The molecule has 23 heavy (non-hydrogen) atoms. The first-order valence-electron chi connectivity index (χ1n) is 9.75. The lowest BCUT2D eigenvalue weighted by atomic mass is 9.47. The van der Waals surface area contributed by atoms with Crippen molar-refractivity contribution in [2.75, 3.05) is 6.61 Å². The molecule has 0 aromatic carbocycles. The minimum absolute atomic E-state index is 0.171. The van der Waals surface area contributed by atoms with E-state index in [1.165, 1.54) is 49.7 Å². The van der Waals surface area contributed by atoms with E-state index in [1.807, 2.05) is 19.9 Å². The zero-order valence-corrected chi connectivity index (χ0v) is 16.5. The van der Waals surface area contributed by atoms with E-state index in [0.717, 1.165) is 12.3 Å². The van der Waals surface area contributed by atoms with Gasteiger partial charge in [0.2, 0.25) is 0 Å². The average molecular weight is 321 g/mol. The highest BCUT2D eigenvalue weighted by Gasteiger charge is 2.52. The van der Waals surface area contributed by atoms with E-state index >= 15 is 0 Å². The summed E-state index contributed by atoms with van der Waals surface area (Å²) < 4.78 is 0. The Balaban J connectivity index is 0.00000127. The minimum atomic E-state index is 0.171. The van der Waals surface area contributed by atoms with Crippen LogP contribution in [0.25, 0.3) is 0 Å². The molecule has 2 aliphatic rings. The van der Waals surface area contributed by atoms with Crippen LogP contribution < -0.4 is 0 Å². The molecule has 3 unspecified atom stereocenters.